The molecule has 3 heteroatoms. The minimum Gasteiger partial charge on any atom is -0.554 e. The SMILES string of the molecule is CCCCCCCCCCCC[N+](CCCCCCCC)(CCCCCCCC)CCCCCCCCCCCC.O=C[O-]. The summed E-state index contributed by atoms with van der Waals surface area (Å²) < 4.78 is 1.48. The highest BCUT2D eigenvalue weighted by Gasteiger charge is 2.25. The molecule has 0 amide bonds. The van der Waals surface area contributed by atoms with Gasteiger partial charge >= 0.3 is 0 Å². The van der Waals surface area contributed by atoms with Crippen molar-refractivity contribution in [3.8, 4) is 0 Å². The molecule has 0 bridgehead atoms. The summed E-state index contributed by atoms with van der Waals surface area (Å²) in [6.45, 7) is 14.8. The van der Waals surface area contributed by atoms with Crippen LogP contribution in [0.1, 0.15) is 233 Å². The van der Waals surface area contributed by atoms with Gasteiger partial charge in [0, 0.05) is 6.47 Å². The number of unbranched alkanes of at least 4 members (excludes halogenated alkanes) is 28. The molecule has 0 atom stereocenters. The van der Waals surface area contributed by atoms with Gasteiger partial charge < -0.3 is 14.4 Å². The zero-order chi connectivity index (χ0) is 32.7. The van der Waals surface area contributed by atoms with Crippen molar-refractivity contribution < 1.29 is 14.4 Å². The predicted molar refractivity (Wildman–Crippen MR) is 196 cm³/mol. The van der Waals surface area contributed by atoms with Crippen LogP contribution in [0.3, 0.4) is 0 Å². The van der Waals surface area contributed by atoms with Crippen molar-refractivity contribution in [3.63, 3.8) is 0 Å². The zero-order valence-electron chi connectivity index (χ0n) is 31.3. The number of hydrogen-bond donors (Lipinski definition) is 0. The van der Waals surface area contributed by atoms with Gasteiger partial charge in [-0.05, 0) is 51.4 Å². The molecule has 0 spiro atoms. The lowest BCUT2D eigenvalue weighted by Crippen LogP contribution is -2.50. The third-order valence-electron chi connectivity index (χ3n) is 9.94. The molecule has 0 rings (SSSR count). The van der Waals surface area contributed by atoms with E-state index >= 15 is 0 Å². The number of hydrogen-bond acceptors (Lipinski definition) is 2. The Kier molecular flexibility index (Phi) is 41.9. The summed E-state index contributed by atoms with van der Waals surface area (Å²) in [6.07, 6.45) is 46.7. The van der Waals surface area contributed by atoms with Crippen LogP contribution < -0.4 is 5.11 Å². The highest BCUT2D eigenvalue weighted by Crippen LogP contribution is 2.21. The van der Waals surface area contributed by atoms with Crippen LogP contribution in [0.15, 0.2) is 0 Å². The number of nitrogens with zero attached hydrogens (tertiary/aromatic N) is 1. The standard InChI is InChI=1S/C40H84N.CH2O2/c1-5-9-13-17-21-23-25-27-31-35-39-41(37-33-29-19-15-11-7-3,38-34-30-20-16-12-8-4)40-36-32-28-26-24-22-18-14-10-6-2;2-1-3/h5-40H2,1-4H3;1H,(H,2,3)/q+1;/p-1. The van der Waals surface area contributed by atoms with Gasteiger partial charge in [0.1, 0.15) is 0 Å². The molecule has 0 saturated heterocycles. The van der Waals surface area contributed by atoms with Gasteiger partial charge in [0.2, 0.25) is 0 Å². The van der Waals surface area contributed by atoms with E-state index in [9.17, 15) is 0 Å². The maximum atomic E-state index is 8.25. The smallest absolute Gasteiger partial charge is 0.0786 e. The van der Waals surface area contributed by atoms with Crippen molar-refractivity contribution in [3.05, 3.63) is 0 Å². The molecule has 0 heterocycles. The first-order valence-corrected chi connectivity index (χ1v) is 20.6. The Morgan fingerprint density at radius 2 is 0.455 bits per heavy atom. The van der Waals surface area contributed by atoms with Crippen LogP contribution in [-0.2, 0) is 4.79 Å². The van der Waals surface area contributed by atoms with Crippen LogP contribution in [0.25, 0.3) is 0 Å². The van der Waals surface area contributed by atoms with E-state index in [4.69, 9.17) is 9.90 Å². The van der Waals surface area contributed by atoms with Crippen LogP contribution in [0.2, 0.25) is 0 Å². The van der Waals surface area contributed by atoms with Crippen molar-refractivity contribution >= 4 is 6.47 Å². The molecule has 0 aromatic carbocycles. The quantitative estimate of drug-likeness (QED) is 0.0396. The maximum absolute atomic E-state index is 8.25. The highest BCUT2D eigenvalue weighted by atomic mass is 16.3. The minimum atomic E-state index is -0.500. The molecule has 266 valence electrons. The molecule has 44 heavy (non-hydrogen) atoms. The second-order valence-corrected chi connectivity index (χ2v) is 14.2. The third-order valence-corrected chi connectivity index (χ3v) is 9.94. The first-order valence-electron chi connectivity index (χ1n) is 20.6. The lowest BCUT2D eigenvalue weighted by molar-refractivity contribution is -0.929. The summed E-state index contributed by atoms with van der Waals surface area (Å²) in [6, 6.07) is 0. The van der Waals surface area contributed by atoms with Gasteiger partial charge in [-0.15, -0.1) is 0 Å². The van der Waals surface area contributed by atoms with Crippen molar-refractivity contribution in [2.24, 2.45) is 0 Å². The number of carbonyl (C=O) groups excluding carboxylic acids is 1. The maximum Gasteiger partial charge on any atom is 0.0786 e. The molecule has 0 aliphatic carbocycles. The van der Waals surface area contributed by atoms with Gasteiger partial charge in [-0.2, -0.15) is 0 Å². The average molecular weight is 624 g/mol. The minimum absolute atomic E-state index is 0.500. The normalized spacial score (nSPS) is 11.5. The summed E-state index contributed by atoms with van der Waals surface area (Å²) in [5.41, 5.74) is 0. The van der Waals surface area contributed by atoms with Gasteiger partial charge in [0.25, 0.3) is 0 Å². The van der Waals surface area contributed by atoms with E-state index < -0.39 is 6.47 Å². The lowest BCUT2D eigenvalue weighted by Gasteiger charge is -2.40. The second kappa shape index (κ2) is 40.5. The van der Waals surface area contributed by atoms with Gasteiger partial charge in [-0.25, -0.2) is 0 Å². The molecule has 0 aliphatic rings. The van der Waals surface area contributed by atoms with E-state index in [2.05, 4.69) is 27.7 Å². The fourth-order valence-corrected chi connectivity index (χ4v) is 7.00. The first kappa shape index (κ1) is 45.6. The summed E-state index contributed by atoms with van der Waals surface area (Å²) in [4.78, 5) is 8.25. The second-order valence-electron chi connectivity index (χ2n) is 14.2. The predicted octanol–water partition coefficient (Wildman–Crippen LogP) is 12.7. The summed E-state index contributed by atoms with van der Waals surface area (Å²) in [7, 11) is 0. The molecule has 0 fully saturated rings. The topological polar surface area (TPSA) is 40.1 Å². The Morgan fingerprint density at radius 1 is 0.318 bits per heavy atom. The van der Waals surface area contributed by atoms with E-state index in [1.54, 1.807) is 0 Å². The molecule has 0 aromatic rings. The van der Waals surface area contributed by atoms with Crippen molar-refractivity contribution in [2.75, 3.05) is 26.2 Å². The van der Waals surface area contributed by atoms with E-state index in [0.717, 1.165) is 0 Å². The highest BCUT2D eigenvalue weighted by molar-refractivity contribution is 5.29. The first-order chi connectivity index (χ1) is 21.7. The molecule has 0 aliphatic heterocycles. The fourth-order valence-electron chi connectivity index (χ4n) is 7.00. The van der Waals surface area contributed by atoms with E-state index in [-0.39, 0.29) is 0 Å². The Hall–Kier alpha value is -0.570. The molecule has 0 radical (unpaired) electrons. The van der Waals surface area contributed by atoms with Crippen molar-refractivity contribution in [1.29, 1.82) is 0 Å². The molecule has 0 N–H and O–H groups in total. The molecule has 0 aromatic heterocycles. The van der Waals surface area contributed by atoms with E-state index in [0.29, 0.717) is 0 Å². The van der Waals surface area contributed by atoms with Crippen LogP contribution in [0, 0.1) is 0 Å². The summed E-state index contributed by atoms with van der Waals surface area (Å²) in [5.74, 6) is 0. The monoisotopic (exact) mass is 624 g/mol. The average Bonchev–Trinajstić information content (AvgIpc) is 3.02. The lowest BCUT2D eigenvalue weighted by atomic mass is 10.0. The van der Waals surface area contributed by atoms with Crippen LogP contribution >= 0.6 is 0 Å². The Balaban J connectivity index is 0. The van der Waals surface area contributed by atoms with Gasteiger partial charge in [0.05, 0.1) is 26.2 Å². The Labute approximate surface area is 279 Å². The van der Waals surface area contributed by atoms with Crippen molar-refractivity contribution in [1.82, 2.24) is 0 Å². The summed E-state index contributed by atoms with van der Waals surface area (Å²) in [5, 5.41) is 8.25. The Bertz CT molecular complexity index is 467. The number of carbonyl (C=O) groups is 1. The van der Waals surface area contributed by atoms with Crippen LogP contribution in [0.5, 0.6) is 0 Å². The van der Waals surface area contributed by atoms with Crippen LogP contribution in [0.4, 0.5) is 0 Å². The molecular weight excluding hydrogens is 538 g/mol. The van der Waals surface area contributed by atoms with E-state index in [1.807, 2.05) is 0 Å². The van der Waals surface area contributed by atoms with Gasteiger partial charge in [-0.3, -0.25) is 0 Å². The van der Waals surface area contributed by atoms with Crippen molar-refractivity contribution in [2.45, 2.75) is 233 Å². The van der Waals surface area contributed by atoms with Crippen LogP contribution in [-0.4, -0.2) is 37.1 Å². The largest absolute Gasteiger partial charge is 0.554 e. The fraction of sp³-hybridized carbons (Fsp3) is 0.976. The Morgan fingerprint density at radius 3 is 0.614 bits per heavy atom. The van der Waals surface area contributed by atoms with E-state index in [1.165, 1.54) is 236 Å². The molecule has 0 unspecified atom stereocenters. The number of carboxylic acid groups (broad SMARTS) is 1. The third kappa shape index (κ3) is 35.9. The zero-order valence-corrected chi connectivity index (χ0v) is 31.3. The van der Waals surface area contributed by atoms with Gasteiger partial charge in [0.15, 0.2) is 0 Å². The molecule has 3 nitrogen and oxygen atoms in total. The molecule has 0 saturated carbocycles. The number of rotatable bonds is 36. The summed E-state index contributed by atoms with van der Waals surface area (Å²) >= 11 is 0. The molecular formula is C41H85NO2. The van der Waals surface area contributed by atoms with Gasteiger partial charge in [-0.1, -0.05) is 182 Å². The number of quaternary nitrogens is 1.